The number of aryl methyl sites for hydroxylation is 2. The predicted molar refractivity (Wildman–Crippen MR) is 119 cm³/mol. The number of amides is 2. The smallest absolute Gasteiger partial charge is 0.262 e. The average Bonchev–Trinajstić information content (AvgIpc) is 2.97. The number of nitrogens with one attached hydrogen (secondary N) is 1. The molecule has 0 bridgehead atoms. The quantitative estimate of drug-likeness (QED) is 0.710. The third-order valence-corrected chi connectivity index (χ3v) is 8.17. The Hall–Kier alpha value is -2.67. The molecule has 1 saturated carbocycles. The van der Waals surface area contributed by atoms with Crippen molar-refractivity contribution in [2.45, 2.75) is 57.9 Å². The molecule has 2 amide bonds. The third-order valence-electron chi connectivity index (χ3n) is 6.66. The lowest BCUT2D eigenvalue weighted by atomic mass is 9.81. The maximum atomic E-state index is 13.2. The van der Waals surface area contributed by atoms with Crippen LogP contribution in [-0.2, 0) is 26.2 Å². The molecule has 164 valence electrons. The van der Waals surface area contributed by atoms with E-state index in [-0.39, 0.29) is 35.1 Å². The molecule has 2 fully saturated rings. The summed E-state index contributed by atoms with van der Waals surface area (Å²) in [5.74, 6) is -0.650. The van der Waals surface area contributed by atoms with Gasteiger partial charge in [0, 0.05) is 0 Å². The normalized spacial score (nSPS) is 21.3. The van der Waals surface area contributed by atoms with Gasteiger partial charge in [-0.2, -0.15) is 0 Å². The number of carbonyl (C=O) groups excluding carboxylic acids is 2. The summed E-state index contributed by atoms with van der Waals surface area (Å²) in [6.45, 7) is 5.65. The Morgan fingerprint density at radius 3 is 2.23 bits per heavy atom. The summed E-state index contributed by atoms with van der Waals surface area (Å²) in [5.41, 5.74) is 3.65. The van der Waals surface area contributed by atoms with Gasteiger partial charge in [-0.25, -0.2) is 8.42 Å². The van der Waals surface area contributed by atoms with Crippen LogP contribution in [0.25, 0.3) is 0 Å². The lowest BCUT2D eigenvalue weighted by Gasteiger charge is -2.19. The van der Waals surface area contributed by atoms with Crippen LogP contribution in [0, 0.1) is 32.6 Å². The Morgan fingerprint density at radius 1 is 0.935 bits per heavy atom. The number of nitrogens with zero attached hydrogens (tertiary/aromatic N) is 1. The van der Waals surface area contributed by atoms with E-state index in [9.17, 15) is 18.0 Å². The van der Waals surface area contributed by atoms with E-state index in [0.29, 0.717) is 16.8 Å². The molecule has 0 spiro atoms. The number of anilines is 1. The van der Waals surface area contributed by atoms with Crippen molar-refractivity contribution in [2.75, 3.05) is 4.72 Å². The Kier molecular flexibility index (Phi) is 5.64. The molecule has 1 heterocycles. The van der Waals surface area contributed by atoms with Gasteiger partial charge in [0.25, 0.3) is 10.0 Å². The van der Waals surface area contributed by atoms with E-state index in [1.807, 2.05) is 26.0 Å². The lowest BCUT2D eigenvalue weighted by Crippen LogP contribution is -2.30. The Balaban J connectivity index is 1.61. The van der Waals surface area contributed by atoms with Gasteiger partial charge < -0.3 is 0 Å². The molecule has 0 aromatic heterocycles. The molecule has 2 atom stereocenters. The molecule has 2 aromatic rings. The van der Waals surface area contributed by atoms with Gasteiger partial charge in [0.2, 0.25) is 11.8 Å². The van der Waals surface area contributed by atoms with E-state index in [1.165, 1.54) is 4.90 Å². The molecule has 0 radical (unpaired) electrons. The van der Waals surface area contributed by atoms with E-state index in [4.69, 9.17) is 0 Å². The molecule has 1 aliphatic heterocycles. The molecule has 1 saturated heterocycles. The average molecular weight is 441 g/mol. The summed E-state index contributed by atoms with van der Waals surface area (Å²) in [7, 11) is -3.83. The van der Waals surface area contributed by atoms with Crippen molar-refractivity contribution in [3.05, 3.63) is 58.7 Å². The number of hydrogen-bond donors (Lipinski definition) is 1. The fourth-order valence-electron chi connectivity index (χ4n) is 4.66. The summed E-state index contributed by atoms with van der Waals surface area (Å²) in [6.07, 6.45) is 3.48. The zero-order chi connectivity index (χ0) is 22.3. The first-order valence-electron chi connectivity index (χ1n) is 10.7. The summed E-state index contributed by atoms with van der Waals surface area (Å²) < 4.78 is 29.0. The Bertz CT molecular complexity index is 1130. The number of imide groups is 1. The monoisotopic (exact) mass is 440 g/mol. The van der Waals surface area contributed by atoms with Crippen molar-refractivity contribution in [1.82, 2.24) is 4.90 Å². The van der Waals surface area contributed by atoms with Crippen molar-refractivity contribution in [1.29, 1.82) is 0 Å². The first-order chi connectivity index (χ1) is 14.7. The first-order valence-corrected chi connectivity index (χ1v) is 12.2. The van der Waals surface area contributed by atoms with Gasteiger partial charge in [0.05, 0.1) is 29.0 Å². The third kappa shape index (κ3) is 3.99. The Morgan fingerprint density at radius 2 is 1.58 bits per heavy atom. The molecular weight excluding hydrogens is 412 g/mol. The zero-order valence-electron chi connectivity index (χ0n) is 18.1. The molecule has 6 nitrogen and oxygen atoms in total. The number of benzene rings is 2. The van der Waals surface area contributed by atoms with E-state index in [2.05, 4.69) is 4.72 Å². The fourth-order valence-corrected chi connectivity index (χ4v) is 6.08. The molecule has 1 N–H and O–H groups in total. The van der Waals surface area contributed by atoms with Gasteiger partial charge in [-0.15, -0.1) is 0 Å². The number of sulfonamides is 1. The van der Waals surface area contributed by atoms with Crippen molar-refractivity contribution in [3.8, 4) is 0 Å². The van der Waals surface area contributed by atoms with Crippen LogP contribution < -0.4 is 4.72 Å². The predicted octanol–water partition coefficient (Wildman–Crippen LogP) is 4.09. The minimum atomic E-state index is -3.83. The largest absolute Gasteiger partial charge is 0.279 e. The zero-order valence-corrected chi connectivity index (χ0v) is 19.0. The van der Waals surface area contributed by atoms with Crippen molar-refractivity contribution in [3.63, 3.8) is 0 Å². The highest BCUT2D eigenvalue weighted by atomic mass is 32.2. The van der Waals surface area contributed by atoms with Gasteiger partial charge >= 0.3 is 0 Å². The summed E-state index contributed by atoms with van der Waals surface area (Å²) in [4.78, 5) is 27.1. The van der Waals surface area contributed by atoms with Crippen LogP contribution in [0.2, 0.25) is 0 Å². The SMILES string of the molecule is Cc1ccc(CN2C(=O)C3CCCCC3C2=O)cc1S(=O)(=O)Nc1cccc(C)c1C. The van der Waals surface area contributed by atoms with E-state index < -0.39 is 10.0 Å². The van der Waals surface area contributed by atoms with Crippen LogP contribution in [0.15, 0.2) is 41.3 Å². The van der Waals surface area contributed by atoms with Crippen LogP contribution in [0.1, 0.15) is 47.9 Å². The maximum absolute atomic E-state index is 13.2. The van der Waals surface area contributed by atoms with E-state index in [0.717, 1.165) is 36.8 Å². The van der Waals surface area contributed by atoms with Crippen molar-refractivity contribution < 1.29 is 18.0 Å². The number of fused-ring (bicyclic) bond motifs is 1. The van der Waals surface area contributed by atoms with Crippen LogP contribution in [0.3, 0.4) is 0 Å². The highest BCUT2D eigenvalue weighted by molar-refractivity contribution is 7.92. The minimum Gasteiger partial charge on any atom is -0.279 e. The number of likely N-dealkylation sites (tertiary alicyclic amines) is 1. The van der Waals surface area contributed by atoms with Gasteiger partial charge in [0.15, 0.2) is 0 Å². The molecule has 2 aliphatic rings. The molecular formula is C24H28N2O4S. The molecule has 7 heteroatoms. The highest BCUT2D eigenvalue weighted by Gasteiger charge is 2.47. The fraction of sp³-hybridized carbons (Fsp3) is 0.417. The topological polar surface area (TPSA) is 83.6 Å². The van der Waals surface area contributed by atoms with Gasteiger partial charge in [-0.05, 0) is 68.0 Å². The van der Waals surface area contributed by atoms with E-state index in [1.54, 1.807) is 31.2 Å². The molecule has 2 aromatic carbocycles. The van der Waals surface area contributed by atoms with Gasteiger partial charge in [-0.1, -0.05) is 37.1 Å². The number of carbonyl (C=O) groups is 2. The van der Waals surface area contributed by atoms with Crippen LogP contribution in [-0.4, -0.2) is 25.1 Å². The highest BCUT2D eigenvalue weighted by Crippen LogP contribution is 2.38. The van der Waals surface area contributed by atoms with Gasteiger partial charge in [0.1, 0.15) is 0 Å². The van der Waals surface area contributed by atoms with Gasteiger partial charge in [-0.3, -0.25) is 19.2 Å². The van der Waals surface area contributed by atoms with Crippen molar-refractivity contribution in [2.24, 2.45) is 11.8 Å². The lowest BCUT2D eigenvalue weighted by molar-refractivity contribution is -0.140. The second kappa shape index (κ2) is 8.11. The van der Waals surface area contributed by atoms with Crippen LogP contribution >= 0.6 is 0 Å². The summed E-state index contributed by atoms with van der Waals surface area (Å²) in [6, 6.07) is 10.6. The molecule has 1 aliphatic carbocycles. The molecule has 4 rings (SSSR count). The van der Waals surface area contributed by atoms with E-state index >= 15 is 0 Å². The summed E-state index contributed by atoms with van der Waals surface area (Å²) in [5, 5.41) is 0. The number of rotatable bonds is 5. The van der Waals surface area contributed by atoms with Crippen molar-refractivity contribution >= 4 is 27.5 Å². The number of hydrogen-bond acceptors (Lipinski definition) is 4. The Labute approximate surface area is 183 Å². The van der Waals surface area contributed by atoms with Crippen LogP contribution in [0.4, 0.5) is 5.69 Å². The molecule has 31 heavy (non-hydrogen) atoms. The maximum Gasteiger partial charge on any atom is 0.262 e. The minimum absolute atomic E-state index is 0.108. The first kappa shape index (κ1) is 21.6. The second-order valence-electron chi connectivity index (χ2n) is 8.71. The summed E-state index contributed by atoms with van der Waals surface area (Å²) >= 11 is 0. The van der Waals surface area contributed by atoms with Crippen LogP contribution in [0.5, 0.6) is 0 Å². The molecule has 2 unspecified atom stereocenters. The standard InChI is InChI=1S/C24H28N2O4S/c1-15-7-6-10-21(17(15)3)25-31(29,30)22-13-18(12-11-16(22)2)14-26-23(27)19-8-4-5-9-20(19)24(26)28/h6-7,10-13,19-20,25H,4-5,8-9,14H2,1-3H3. The second-order valence-corrected chi connectivity index (χ2v) is 10.4.